The second kappa shape index (κ2) is 5.61. The molecular weight excluding hydrogens is 284 g/mol. The van der Waals surface area contributed by atoms with Crippen molar-refractivity contribution >= 4 is 33.1 Å². The zero-order chi connectivity index (χ0) is 15.0. The molecule has 0 unspecified atom stereocenters. The molecule has 0 bridgehead atoms. The van der Waals surface area contributed by atoms with Crippen LogP contribution in [-0.2, 0) is 0 Å². The summed E-state index contributed by atoms with van der Waals surface area (Å²) in [5, 5.41) is 4.24. The molecule has 1 aliphatic heterocycles. The highest BCUT2D eigenvalue weighted by molar-refractivity contribution is 7.21. The van der Waals surface area contributed by atoms with Crippen LogP contribution < -0.4 is 11.1 Å². The standard InChI is InChI=1S/C15H20N4OS/c1-9-3-8-18-14-11(9)12(16)13(21-14)15(20)19(2)10-4-6-17-7-5-10/h3,8,10,17H,4-7,16H2,1-2H3. The molecule has 2 aromatic rings. The van der Waals surface area contributed by atoms with Gasteiger partial charge in [-0.2, -0.15) is 0 Å². The average molecular weight is 304 g/mol. The zero-order valence-electron chi connectivity index (χ0n) is 12.3. The Morgan fingerprint density at radius 1 is 1.48 bits per heavy atom. The first-order chi connectivity index (χ1) is 10.1. The normalized spacial score (nSPS) is 16.3. The molecule has 112 valence electrons. The van der Waals surface area contributed by atoms with Gasteiger partial charge in [-0.15, -0.1) is 11.3 Å². The number of nitrogen functional groups attached to an aromatic ring is 1. The first kappa shape index (κ1) is 14.3. The Balaban J connectivity index is 1.94. The van der Waals surface area contributed by atoms with Crippen molar-refractivity contribution in [2.24, 2.45) is 0 Å². The SMILES string of the molecule is Cc1ccnc2sc(C(=O)N(C)C3CCNCC3)c(N)c12. The van der Waals surface area contributed by atoms with Crippen molar-refractivity contribution in [2.75, 3.05) is 25.9 Å². The lowest BCUT2D eigenvalue weighted by Crippen LogP contribution is -2.43. The van der Waals surface area contributed by atoms with E-state index in [9.17, 15) is 4.79 Å². The number of aromatic nitrogens is 1. The Morgan fingerprint density at radius 2 is 2.19 bits per heavy atom. The van der Waals surface area contributed by atoms with Crippen LogP contribution in [0.4, 0.5) is 5.69 Å². The summed E-state index contributed by atoms with van der Waals surface area (Å²) >= 11 is 1.40. The van der Waals surface area contributed by atoms with E-state index in [0.29, 0.717) is 10.6 Å². The van der Waals surface area contributed by atoms with Gasteiger partial charge in [-0.1, -0.05) is 0 Å². The second-order valence-electron chi connectivity index (χ2n) is 5.55. The molecule has 0 spiro atoms. The van der Waals surface area contributed by atoms with Gasteiger partial charge in [0.15, 0.2) is 0 Å². The zero-order valence-corrected chi connectivity index (χ0v) is 13.2. The highest BCUT2D eigenvalue weighted by atomic mass is 32.1. The minimum Gasteiger partial charge on any atom is -0.397 e. The van der Waals surface area contributed by atoms with Crippen LogP contribution in [0.5, 0.6) is 0 Å². The number of nitrogens with one attached hydrogen (secondary N) is 1. The van der Waals surface area contributed by atoms with Crippen LogP contribution in [0.1, 0.15) is 28.1 Å². The molecular formula is C15H20N4OS. The van der Waals surface area contributed by atoms with Gasteiger partial charge < -0.3 is 16.0 Å². The lowest BCUT2D eigenvalue weighted by molar-refractivity contribution is 0.0709. The van der Waals surface area contributed by atoms with E-state index in [4.69, 9.17) is 5.73 Å². The number of nitrogens with zero attached hydrogens (tertiary/aromatic N) is 2. The molecule has 0 saturated carbocycles. The van der Waals surface area contributed by atoms with Gasteiger partial charge >= 0.3 is 0 Å². The van der Waals surface area contributed by atoms with Gasteiger partial charge in [0.1, 0.15) is 9.71 Å². The predicted octanol–water partition coefficient (Wildman–Crippen LogP) is 2.01. The van der Waals surface area contributed by atoms with Crippen LogP contribution >= 0.6 is 11.3 Å². The van der Waals surface area contributed by atoms with Gasteiger partial charge in [0.25, 0.3) is 5.91 Å². The van der Waals surface area contributed by atoms with Gasteiger partial charge in [0.05, 0.1) is 5.69 Å². The van der Waals surface area contributed by atoms with E-state index < -0.39 is 0 Å². The van der Waals surface area contributed by atoms with E-state index in [2.05, 4.69) is 10.3 Å². The van der Waals surface area contributed by atoms with E-state index in [-0.39, 0.29) is 11.9 Å². The van der Waals surface area contributed by atoms with Gasteiger partial charge in [-0.25, -0.2) is 4.98 Å². The van der Waals surface area contributed by atoms with Crippen LogP contribution in [0, 0.1) is 6.92 Å². The number of fused-ring (bicyclic) bond motifs is 1. The van der Waals surface area contributed by atoms with E-state index in [1.807, 2.05) is 24.9 Å². The van der Waals surface area contributed by atoms with E-state index in [0.717, 1.165) is 41.7 Å². The number of amides is 1. The topological polar surface area (TPSA) is 71.2 Å². The van der Waals surface area contributed by atoms with E-state index in [1.165, 1.54) is 11.3 Å². The summed E-state index contributed by atoms with van der Waals surface area (Å²) in [4.78, 5) is 20.4. The quantitative estimate of drug-likeness (QED) is 0.890. The minimum atomic E-state index is 0.0156. The first-order valence-electron chi connectivity index (χ1n) is 7.21. The summed E-state index contributed by atoms with van der Waals surface area (Å²) in [5.74, 6) is 0.0156. The smallest absolute Gasteiger partial charge is 0.266 e. The number of piperidine rings is 1. The Bertz CT molecular complexity index is 676. The number of hydrogen-bond acceptors (Lipinski definition) is 5. The van der Waals surface area contributed by atoms with Gasteiger partial charge in [-0.05, 0) is 44.5 Å². The highest BCUT2D eigenvalue weighted by Gasteiger charge is 2.26. The highest BCUT2D eigenvalue weighted by Crippen LogP contribution is 2.35. The number of hydrogen-bond donors (Lipinski definition) is 2. The molecule has 3 N–H and O–H groups in total. The predicted molar refractivity (Wildman–Crippen MR) is 86.8 cm³/mol. The number of nitrogens with two attached hydrogens (primary N) is 1. The molecule has 1 aliphatic rings. The van der Waals surface area contributed by atoms with Crippen LogP contribution in [0.15, 0.2) is 12.3 Å². The molecule has 5 nitrogen and oxygen atoms in total. The summed E-state index contributed by atoms with van der Waals surface area (Å²) < 4.78 is 0. The number of carbonyl (C=O) groups excluding carboxylic acids is 1. The molecule has 3 rings (SSSR count). The minimum absolute atomic E-state index is 0.0156. The van der Waals surface area contributed by atoms with Crippen molar-refractivity contribution in [1.82, 2.24) is 15.2 Å². The molecule has 3 heterocycles. The number of thiophene rings is 1. The van der Waals surface area contributed by atoms with Crippen molar-refractivity contribution in [3.63, 3.8) is 0 Å². The van der Waals surface area contributed by atoms with Gasteiger partial charge in [0, 0.05) is 24.7 Å². The molecule has 0 atom stereocenters. The Labute approximate surface area is 128 Å². The lowest BCUT2D eigenvalue weighted by atomic mass is 10.0. The van der Waals surface area contributed by atoms with E-state index in [1.54, 1.807) is 6.20 Å². The van der Waals surface area contributed by atoms with Crippen LogP contribution in [0.3, 0.4) is 0 Å². The fraction of sp³-hybridized carbons (Fsp3) is 0.467. The summed E-state index contributed by atoms with van der Waals surface area (Å²) in [6, 6.07) is 2.22. The third-order valence-corrected chi connectivity index (χ3v) is 5.31. The number of aryl methyl sites for hydroxylation is 1. The maximum absolute atomic E-state index is 12.8. The molecule has 21 heavy (non-hydrogen) atoms. The average Bonchev–Trinajstić information content (AvgIpc) is 2.85. The van der Waals surface area contributed by atoms with Crippen molar-refractivity contribution < 1.29 is 4.79 Å². The number of pyridine rings is 1. The number of carbonyl (C=O) groups is 1. The Kier molecular flexibility index (Phi) is 3.82. The maximum atomic E-state index is 12.8. The van der Waals surface area contributed by atoms with Crippen molar-refractivity contribution in [3.05, 3.63) is 22.7 Å². The molecule has 0 radical (unpaired) electrons. The largest absolute Gasteiger partial charge is 0.397 e. The van der Waals surface area contributed by atoms with Crippen molar-refractivity contribution in [1.29, 1.82) is 0 Å². The third kappa shape index (κ3) is 2.49. The first-order valence-corrected chi connectivity index (χ1v) is 8.02. The van der Waals surface area contributed by atoms with Gasteiger partial charge in [0.2, 0.25) is 0 Å². The van der Waals surface area contributed by atoms with Crippen molar-refractivity contribution in [2.45, 2.75) is 25.8 Å². The lowest BCUT2D eigenvalue weighted by Gasteiger charge is -2.31. The molecule has 2 aromatic heterocycles. The molecule has 1 saturated heterocycles. The second-order valence-corrected chi connectivity index (χ2v) is 6.55. The Morgan fingerprint density at radius 3 is 2.86 bits per heavy atom. The van der Waals surface area contributed by atoms with Crippen LogP contribution in [-0.4, -0.2) is 42.0 Å². The number of anilines is 1. The molecule has 6 heteroatoms. The molecule has 0 aromatic carbocycles. The summed E-state index contributed by atoms with van der Waals surface area (Å²) in [5.41, 5.74) is 7.86. The van der Waals surface area contributed by atoms with Crippen molar-refractivity contribution in [3.8, 4) is 0 Å². The van der Waals surface area contributed by atoms with Crippen LogP contribution in [0.25, 0.3) is 10.2 Å². The van der Waals surface area contributed by atoms with E-state index >= 15 is 0 Å². The fourth-order valence-corrected chi connectivity index (χ4v) is 4.01. The van der Waals surface area contributed by atoms with Gasteiger partial charge in [-0.3, -0.25) is 4.79 Å². The third-order valence-electron chi connectivity index (χ3n) is 4.21. The molecule has 1 fully saturated rings. The summed E-state index contributed by atoms with van der Waals surface area (Å²) in [7, 11) is 1.88. The fourth-order valence-electron chi connectivity index (χ4n) is 2.88. The van der Waals surface area contributed by atoms with Crippen LogP contribution in [0.2, 0.25) is 0 Å². The summed E-state index contributed by atoms with van der Waals surface area (Å²) in [6.45, 7) is 3.92. The monoisotopic (exact) mass is 304 g/mol. The molecule has 0 aliphatic carbocycles. The summed E-state index contributed by atoms with van der Waals surface area (Å²) in [6.07, 6.45) is 3.74. The Hall–Kier alpha value is -1.66. The molecule has 1 amide bonds. The number of rotatable bonds is 2. The maximum Gasteiger partial charge on any atom is 0.266 e.